The average Bonchev–Trinajstić information content (AvgIpc) is 3.40. The molecule has 1 N–H and O–H groups in total. The van der Waals surface area contributed by atoms with Crippen LogP contribution in [-0.2, 0) is 5.41 Å². The first-order valence-corrected chi connectivity index (χ1v) is 23.3. The molecule has 2 heterocycles. The number of rotatable bonds is 8. The van der Waals surface area contributed by atoms with Crippen LogP contribution in [0.5, 0.6) is 0 Å². The van der Waals surface area contributed by atoms with Crippen LogP contribution in [0.4, 0.5) is 0 Å². The van der Waals surface area contributed by atoms with Crippen LogP contribution in [0.3, 0.4) is 0 Å². The summed E-state index contributed by atoms with van der Waals surface area (Å²) < 4.78 is 0. The molecule has 4 heteroatoms. The topological polar surface area (TPSA) is 50.2 Å². The van der Waals surface area contributed by atoms with Gasteiger partial charge in [0.1, 0.15) is 5.84 Å². The van der Waals surface area contributed by atoms with E-state index in [0.717, 1.165) is 63.0 Å². The van der Waals surface area contributed by atoms with Gasteiger partial charge in [-0.3, -0.25) is 0 Å². The lowest BCUT2D eigenvalue weighted by Gasteiger charge is -2.34. The summed E-state index contributed by atoms with van der Waals surface area (Å²) in [5.41, 5.74) is 10.5. The van der Waals surface area contributed by atoms with Gasteiger partial charge in [0.05, 0.1) is 23.1 Å². The molecule has 0 radical (unpaired) electrons. The highest BCUT2D eigenvalue weighted by molar-refractivity contribution is 6.06. The van der Waals surface area contributed by atoms with Gasteiger partial charge in [0, 0.05) is 16.7 Å². The Morgan fingerprint density at radius 2 is 0.985 bits per heavy atom. The van der Waals surface area contributed by atoms with E-state index < -0.39 is 0 Å². The molecule has 2 aliphatic rings. The van der Waals surface area contributed by atoms with Crippen molar-refractivity contribution in [2.45, 2.75) is 31.7 Å². The Hall–Kier alpha value is -8.21. The van der Waals surface area contributed by atoms with Crippen molar-refractivity contribution >= 4 is 60.2 Å². The van der Waals surface area contributed by atoms with E-state index in [1.807, 2.05) is 0 Å². The van der Waals surface area contributed by atoms with E-state index in [9.17, 15) is 0 Å². The molecule has 1 aliphatic carbocycles. The molecule has 12 rings (SSSR count). The van der Waals surface area contributed by atoms with E-state index in [1.165, 1.54) is 54.2 Å². The van der Waals surface area contributed by atoms with Crippen LogP contribution in [0, 0.1) is 5.92 Å². The van der Waals surface area contributed by atoms with Gasteiger partial charge < -0.3 is 5.32 Å². The van der Waals surface area contributed by atoms with Crippen LogP contribution in [0.1, 0.15) is 54.3 Å². The van der Waals surface area contributed by atoms with E-state index in [1.54, 1.807) is 0 Å². The molecule has 1 aliphatic heterocycles. The number of nitrogens with zero attached hydrogens (tertiary/aromatic N) is 3. The van der Waals surface area contributed by atoms with Crippen LogP contribution in [-0.4, -0.2) is 15.8 Å². The van der Waals surface area contributed by atoms with Crippen molar-refractivity contribution in [2.75, 3.05) is 0 Å². The fourth-order valence-electron chi connectivity index (χ4n) is 9.94. The molecule has 0 saturated heterocycles. The monoisotopic (exact) mass is 860 g/mol. The predicted octanol–water partition coefficient (Wildman–Crippen LogP) is 15.5. The lowest BCUT2D eigenvalue weighted by molar-refractivity contribution is 0.383. The van der Waals surface area contributed by atoms with Gasteiger partial charge >= 0.3 is 0 Å². The molecule has 2 unspecified atom stereocenters. The molecule has 0 fully saturated rings. The minimum absolute atomic E-state index is 0.0507. The molecule has 1 aromatic heterocycles. The molecule has 320 valence electrons. The number of nitrogens with one attached hydrogen (secondary N) is 1. The normalized spacial score (nSPS) is 16.2. The Labute approximate surface area is 391 Å². The summed E-state index contributed by atoms with van der Waals surface area (Å²) in [6, 6.07) is 71.7. The van der Waals surface area contributed by atoms with Gasteiger partial charge in [-0.05, 0) is 120 Å². The highest BCUT2D eigenvalue weighted by atomic mass is 15.0. The lowest BCUT2D eigenvalue weighted by atomic mass is 9.70. The zero-order valence-corrected chi connectivity index (χ0v) is 37.6. The highest BCUT2D eigenvalue weighted by Crippen LogP contribution is 2.40. The second-order valence-corrected chi connectivity index (χ2v) is 18.5. The van der Waals surface area contributed by atoms with E-state index in [2.05, 4.69) is 244 Å². The van der Waals surface area contributed by atoms with Crippen molar-refractivity contribution in [1.82, 2.24) is 15.3 Å². The van der Waals surface area contributed by atoms with Crippen molar-refractivity contribution in [3.8, 4) is 22.6 Å². The summed E-state index contributed by atoms with van der Waals surface area (Å²) in [5, 5.41) is 13.5. The Bertz CT molecular complexity index is 3590. The minimum atomic E-state index is -0.134. The minimum Gasteiger partial charge on any atom is -0.359 e. The van der Waals surface area contributed by atoms with Gasteiger partial charge in [-0.15, -0.1) is 0 Å². The summed E-state index contributed by atoms with van der Waals surface area (Å²) in [6.45, 7) is 4.73. The Kier molecular flexibility index (Phi) is 10.0. The van der Waals surface area contributed by atoms with Gasteiger partial charge in [-0.1, -0.05) is 202 Å². The fraction of sp³-hybridized carbons (Fsp3) is 0.0952. The zero-order valence-electron chi connectivity index (χ0n) is 37.6. The molecular formula is C63H48N4. The first kappa shape index (κ1) is 40.3. The maximum absolute atomic E-state index is 5.30. The van der Waals surface area contributed by atoms with Crippen molar-refractivity contribution in [3.05, 3.63) is 252 Å². The van der Waals surface area contributed by atoms with Crippen molar-refractivity contribution in [1.29, 1.82) is 0 Å². The molecule has 9 aromatic carbocycles. The third kappa shape index (κ3) is 7.81. The van der Waals surface area contributed by atoms with Crippen molar-refractivity contribution in [3.63, 3.8) is 0 Å². The van der Waals surface area contributed by atoms with Crippen molar-refractivity contribution < 1.29 is 0 Å². The van der Waals surface area contributed by atoms with Gasteiger partial charge in [0.15, 0.2) is 5.82 Å². The standard InChI is InChI=1S/C63H48N4/c1-63(2,55-31-27-45(28-32-55)57-39-59(51-23-19-41-11-3-7-15-47(41)35-51)66-61(64-57)53-25-21-43-13-5-9-17-49(43)37-53)56-33-29-46(30-34-56)58-40-60(52-24-20-42-12-4-8-16-48(42)36-52)67-62(65-58)54-26-22-44-14-6-10-18-50(44)38-54/h3-33,35-40,56,59H,34H2,1-2H3,(H,64,66). The van der Waals surface area contributed by atoms with E-state index in [4.69, 9.17) is 15.0 Å². The van der Waals surface area contributed by atoms with Crippen LogP contribution in [0.2, 0.25) is 0 Å². The summed E-state index contributed by atoms with van der Waals surface area (Å²) in [5.74, 6) is 1.89. The third-order valence-electron chi connectivity index (χ3n) is 14.0. The van der Waals surface area contributed by atoms with E-state index >= 15 is 0 Å². The maximum atomic E-state index is 5.30. The average molecular weight is 861 g/mol. The molecule has 10 aromatic rings. The van der Waals surface area contributed by atoms with Gasteiger partial charge in [-0.2, -0.15) is 0 Å². The number of hydrogen-bond acceptors (Lipinski definition) is 4. The summed E-state index contributed by atoms with van der Waals surface area (Å²) in [7, 11) is 0. The number of aromatic nitrogens is 2. The molecule has 0 spiro atoms. The highest BCUT2D eigenvalue weighted by Gasteiger charge is 2.31. The Morgan fingerprint density at radius 3 is 1.60 bits per heavy atom. The van der Waals surface area contributed by atoms with Crippen LogP contribution in [0.25, 0.3) is 77.0 Å². The number of aliphatic imine (C=N–C) groups is 1. The van der Waals surface area contributed by atoms with Gasteiger partial charge in [-0.25, -0.2) is 15.0 Å². The maximum Gasteiger partial charge on any atom is 0.160 e. The number of fused-ring (bicyclic) bond motifs is 4. The van der Waals surface area contributed by atoms with Gasteiger partial charge in [0.25, 0.3) is 0 Å². The lowest BCUT2D eigenvalue weighted by Crippen LogP contribution is -2.31. The quantitative estimate of drug-likeness (QED) is 0.166. The number of hydrogen-bond donors (Lipinski definition) is 1. The predicted molar refractivity (Wildman–Crippen MR) is 281 cm³/mol. The molecule has 0 amide bonds. The third-order valence-corrected chi connectivity index (χ3v) is 14.0. The fourth-order valence-corrected chi connectivity index (χ4v) is 9.94. The summed E-state index contributed by atoms with van der Waals surface area (Å²) in [6.07, 6.45) is 10.2. The summed E-state index contributed by atoms with van der Waals surface area (Å²) >= 11 is 0. The van der Waals surface area contributed by atoms with Gasteiger partial charge in [0.2, 0.25) is 0 Å². The molecule has 0 bridgehead atoms. The first-order chi connectivity index (χ1) is 32.9. The zero-order chi connectivity index (χ0) is 44.9. The second kappa shape index (κ2) is 16.7. The molecule has 67 heavy (non-hydrogen) atoms. The van der Waals surface area contributed by atoms with Crippen molar-refractivity contribution in [2.24, 2.45) is 10.9 Å². The number of allylic oxidation sites excluding steroid dienone is 4. The molecular weight excluding hydrogens is 813 g/mol. The van der Waals surface area contributed by atoms with Crippen LogP contribution in [0.15, 0.2) is 229 Å². The van der Waals surface area contributed by atoms with E-state index in [-0.39, 0.29) is 17.4 Å². The first-order valence-electron chi connectivity index (χ1n) is 23.3. The van der Waals surface area contributed by atoms with Crippen LogP contribution < -0.4 is 5.32 Å². The molecule has 0 saturated carbocycles. The number of benzene rings is 9. The molecule has 4 nitrogen and oxygen atoms in total. The SMILES string of the molecule is CC(C)(c1ccc(C2=CC(c3ccc4ccccc4c3)NC(c3ccc4ccccc4c3)=N2)cc1)C1C=CC(c2cc(-c3ccc4ccccc4c3)nc(-c3ccc4ccccc4c3)n2)=CC1. The largest absolute Gasteiger partial charge is 0.359 e. The summed E-state index contributed by atoms with van der Waals surface area (Å²) in [4.78, 5) is 15.7. The van der Waals surface area contributed by atoms with Crippen LogP contribution >= 0.6 is 0 Å². The second-order valence-electron chi connectivity index (χ2n) is 18.5. The Morgan fingerprint density at radius 1 is 0.478 bits per heavy atom. The Balaban J connectivity index is 0.843. The molecule has 2 atom stereocenters. The van der Waals surface area contributed by atoms with E-state index in [0.29, 0.717) is 0 Å². The smallest absolute Gasteiger partial charge is 0.160 e. The number of amidine groups is 1.